The molecule has 1 amide bonds. The molecule has 0 heterocycles. The minimum atomic E-state index is -0.896. The van der Waals surface area contributed by atoms with Crippen LogP contribution in [0.25, 0.3) is 0 Å². The number of esters is 1. The van der Waals surface area contributed by atoms with Crippen molar-refractivity contribution in [3.8, 4) is 5.75 Å². The van der Waals surface area contributed by atoms with Gasteiger partial charge in [-0.15, -0.1) is 0 Å². The average Bonchev–Trinajstić information content (AvgIpc) is 2.43. The fourth-order valence-corrected chi connectivity index (χ4v) is 1.54. The van der Waals surface area contributed by atoms with E-state index in [1.54, 1.807) is 24.3 Å². The maximum Gasteiger partial charge on any atom is 0.344 e. The molecule has 6 nitrogen and oxygen atoms in total. The maximum absolute atomic E-state index is 11.8. The van der Waals surface area contributed by atoms with E-state index in [4.69, 9.17) is 9.47 Å². The van der Waals surface area contributed by atoms with Gasteiger partial charge in [-0.25, -0.2) is 4.79 Å². The molecule has 0 aliphatic rings. The van der Waals surface area contributed by atoms with Crippen molar-refractivity contribution in [1.82, 2.24) is 5.32 Å². The summed E-state index contributed by atoms with van der Waals surface area (Å²) in [6.07, 6.45) is -0.180. The number of ether oxygens (including phenoxy) is 2. The molecule has 0 saturated carbocycles. The molecule has 0 spiro atoms. The molecule has 0 unspecified atom stereocenters. The third-order valence-electron chi connectivity index (χ3n) is 2.55. The summed E-state index contributed by atoms with van der Waals surface area (Å²) in [4.78, 5) is 33.9. The lowest BCUT2D eigenvalue weighted by Gasteiger charge is -2.23. The van der Waals surface area contributed by atoms with Crippen molar-refractivity contribution in [2.24, 2.45) is 0 Å². The number of nitrogens with one attached hydrogen (secondary N) is 1. The Labute approximate surface area is 129 Å². The SMILES string of the molecule is C[C@@H](OC(=O)COc1ccc(C=O)cc1)C(=O)NC(C)(C)C. The zero-order valence-electron chi connectivity index (χ0n) is 13.2. The van der Waals surface area contributed by atoms with Crippen LogP contribution in [0.15, 0.2) is 24.3 Å². The van der Waals surface area contributed by atoms with E-state index >= 15 is 0 Å². The van der Waals surface area contributed by atoms with E-state index in [2.05, 4.69) is 5.32 Å². The Bertz CT molecular complexity index is 530. The van der Waals surface area contributed by atoms with Crippen molar-refractivity contribution in [1.29, 1.82) is 0 Å². The van der Waals surface area contributed by atoms with Crippen LogP contribution in [-0.2, 0) is 14.3 Å². The molecular formula is C16H21NO5. The van der Waals surface area contributed by atoms with Crippen LogP contribution in [0.2, 0.25) is 0 Å². The second kappa shape index (κ2) is 7.59. The summed E-state index contributed by atoms with van der Waals surface area (Å²) in [7, 11) is 0. The zero-order valence-corrected chi connectivity index (χ0v) is 13.2. The van der Waals surface area contributed by atoms with E-state index in [1.165, 1.54) is 6.92 Å². The predicted octanol–water partition coefficient (Wildman–Crippen LogP) is 1.72. The summed E-state index contributed by atoms with van der Waals surface area (Å²) in [6.45, 7) is 6.70. The van der Waals surface area contributed by atoms with Gasteiger partial charge in [-0.3, -0.25) is 9.59 Å². The molecule has 0 aromatic heterocycles. The van der Waals surface area contributed by atoms with E-state index in [1.807, 2.05) is 20.8 Å². The largest absolute Gasteiger partial charge is 0.482 e. The van der Waals surface area contributed by atoms with E-state index in [0.717, 1.165) is 0 Å². The minimum absolute atomic E-state index is 0.312. The summed E-state index contributed by atoms with van der Waals surface area (Å²) in [5.74, 6) is -0.568. The van der Waals surface area contributed by atoms with Crippen molar-refractivity contribution in [2.45, 2.75) is 39.3 Å². The van der Waals surface area contributed by atoms with Gasteiger partial charge >= 0.3 is 5.97 Å². The molecule has 120 valence electrons. The maximum atomic E-state index is 11.8. The first-order chi connectivity index (χ1) is 10.2. The van der Waals surface area contributed by atoms with Gasteiger partial charge in [0.1, 0.15) is 12.0 Å². The second-order valence-corrected chi connectivity index (χ2v) is 5.85. The number of aldehydes is 1. The first-order valence-electron chi connectivity index (χ1n) is 6.91. The molecule has 1 aromatic rings. The summed E-state index contributed by atoms with van der Waals surface area (Å²) >= 11 is 0. The third-order valence-corrected chi connectivity index (χ3v) is 2.55. The van der Waals surface area contributed by atoms with Crippen LogP contribution >= 0.6 is 0 Å². The molecule has 22 heavy (non-hydrogen) atoms. The van der Waals surface area contributed by atoms with Crippen molar-refractivity contribution < 1.29 is 23.9 Å². The molecule has 6 heteroatoms. The van der Waals surface area contributed by atoms with Crippen LogP contribution in [0, 0.1) is 0 Å². The van der Waals surface area contributed by atoms with E-state index in [0.29, 0.717) is 17.6 Å². The van der Waals surface area contributed by atoms with Gasteiger partial charge in [-0.2, -0.15) is 0 Å². The van der Waals surface area contributed by atoms with E-state index < -0.39 is 17.6 Å². The van der Waals surface area contributed by atoms with Gasteiger partial charge in [0.15, 0.2) is 12.7 Å². The molecule has 0 aliphatic heterocycles. The average molecular weight is 307 g/mol. The van der Waals surface area contributed by atoms with Gasteiger partial charge in [0.2, 0.25) is 0 Å². The Morgan fingerprint density at radius 2 is 1.82 bits per heavy atom. The number of hydrogen-bond acceptors (Lipinski definition) is 5. The summed E-state index contributed by atoms with van der Waals surface area (Å²) in [6, 6.07) is 6.31. The fourth-order valence-electron chi connectivity index (χ4n) is 1.54. The lowest BCUT2D eigenvalue weighted by atomic mass is 10.1. The molecule has 1 atom stereocenters. The zero-order chi connectivity index (χ0) is 16.8. The van der Waals surface area contributed by atoms with Gasteiger partial charge < -0.3 is 14.8 Å². The van der Waals surface area contributed by atoms with E-state index in [-0.39, 0.29) is 12.5 Å². The first-order valence-corrected chi connectivity index (χ1v) is 6.91. The smallest absolute Gasteiger partial charge is 0.344 e. The van der Waals surface area contributed by atoms with Crippen molar-refractivity contribution in [3.63, 3.8) is 0 Å². The Balaban J connectivity index is 2.42. The van der Waals surface area contributed by atoms with Gasteiger partial charge in [0.25, 0.3) is 5.91 Å². The summed E-state index contributed by atoms with van der Waals surface area (Å²) < 4.78 is 10.2. The van der Waals surface area contributed by atoms with Crippen molar-refractivity contribution >= 4 is 18.2 Å². The molecule has 0 bridgehead atoms. The third kappa shape index (κ3) is 6.39. The summed E-state index contributed by atoms with van der Waals surface area (Å²) in [5.41, 5.74) is 0.122. The molecule has 1 aromatic carbocycles. The first kappa shape index (κ1) is 17.7. The van der Waals surface area contributed by atoms with Crippen LogP contribution in [0.4, 0.5) is 0 Å². The highest BCUT2D eigenvalue weighted by Crippen LogP contribution is 2.11. The number of carbonyl (C=O) groups excluding carboxylic acids is 3. The van der Waals surface area contributed by atoms with Gasteiger partial charge in [-0.1, -0.05) is 0 Å². The molecule has 0 saturated heterocycles. The van der Waals surface area contributed by atoms with Crippen LogP contribution in [0.1, 0.15) is 38.1 Å². The number of benzene rings is 1. The Hall–Kier alpha value is -2.37. The Morgan fingerprint density at radius 1 is 1.23 bits per heavy atom. The highest BCUT2D eigenvalue weighted by Gasteiger charge is 2.22. The number of hydrogen-bond donors (Lipinski definition) is 1. The van der Waals surface area contributed by atoms with Gasteiger partial charge in [-0.05, 0) is 52.0 Å². The van der Waals surface area contributed by atoms with Gasteiger partial charge in [0, 0.05) is 11.1 Å². The van der Waals surface area contributed by atoms with Crippen LogP contribution in [-0.4, -0.2) is 36.4 Å². The number of rotatable bonds is 6. The molecule has 1 rings (SSSR count). The fraction of sp³-hybridized carbons (Fsp3) is 0.438. The molecule has 1 N–H and O–H groups in total. The predicted molar refractivity (Wildman–Crippen MR) is 80.8 cm³/mol. The number of amides is 1. The highest BCUT2D eigenvalue weighted by molar-refractivity contribution is 5.84. The summed E-state index contributed by atoms with van der Waals surface area (Å²) in [5, 5.41) is 2.72. The monoisotopic (exact) mass is 307 g/mol. The lowest BCUT2D eigenvalue weighted by molar-refractivity contribution is -0.157. The van der Waals surface area contributed by atoms with Crippen LogP contribution in [0.3, 0.4) is 0 Å². The normalized spacial score (nSPS) is 12.2. The molecule has 0 radical (unpaired) electrons. The standard InChI is InChI=1S/C16H21NO5/c1-11(15(20)17-16(2,3)4)22-14(19)10-21-13-7-5-12(9-18)6-8-13/h5-9,11H,10H2,1-4H3,(H,17,20)/t11-/m1/s1. The van der Waals surface area contributed by atoms with Crippen LogP contribution in [0.5, 0.6) is 5.75 Å². The minimum Gasteiger partial charge on any atom is -0.482 e. The topological polar surface area (TPSA) is 81.7 Å². The van der Waals surface area contributed by atoms with E-state index in [9.17, 15) is 14.4 Å². The van der Waals surface area contributed by atoms with Crippen molar-refractivity contribution in [2.75, 3.05) is 6.61 Å². The molecule has 0 fully saturated rings. The van der Waals surface area contributed by atoms with Crippen LogP contribution < -0.4 is 10.1 Å². The Kier molecular flexibility index (Phi) is 6.10. The molecular weight excluding hydrogens is 286 g/mol. The number of carbonyl (C=O) groups is 3. The second-order valence-electron chi connectivity index (χ2n) is 5.85. The van der Waals surface area contributed by atoms with Crippen molar-refractivity contribution in [3.05, 3.63) is 29.8 Å². The van der Waals surface area contributed by atoms with Gasteiger partial charge in [0.05, 0.1) is 0 Å². The quantitative estimate of drug-likeness (QED) is 0.639. The highest BCUT2D eigenvalue weighted by atomic mass is 16.6. The Morgan fingerprint density at radius 3 is 2.32 bits per heavy atom. The molecule has 0 aliphatic carbocycles. The lowest BCUT2D eigenvalue weighted by Crippen LogP contribution is -2.46.